The van der Waals surface area contributed by atoms with Crippen molar-refractivity contribution in [2.45, 2.75) is 37.8 Å². The van der Waals surface area contributed by atoms with Gasteiger partial charge in [0.15, 0.2) is 4.96 Å². The molecular formula is C20H18BF2N5S. The van der Waals surface area contributed by atoms with Gasteiger partial charge >= 0.3 is 0 Å². The number of rotatable bonds is 3. The third-order valence-corrected chi connectivity index (χ3v) is 6.82. The second kappa shape index (κ2) is 6.96. The molecule has 146 valence electrons. The SMILES string of the molecule is Cn1cc2cc(-c3cn4cc(C5CCB(C#N)CC5)nc4s3)cc(C(F)F)c2n1. The molecule has 4 heterocycles. The molecule has 29 heavy (non-hydrogen) atoms. The zero-order valence-electron chi connectivity index (χ0n) is 15.8. The molecule has 5 nitrogen and oxygen atoms in total. The molecule has 0 bridgehead atoms. The molecule has 5 rings (SSSR count). The summed E-state index contributed by atoms with van der Waals surface area (Å²) in [5, 5.41) is 14.0. The van der Waals surface area contributed by atoms with Crippen LogP contribution in [0.5, 0.6) is 0 Å². The largest absolute Gasteiger partial charge is 0.297 e. The van der Waals surface area contributed by atoms with E-state index in [4.69, 9.17) is 10.2 Å². The van der Waals surface area contributed by atoms with Crippen LogP contribution in [0.1, 0.15) is 36.4 Å². The number of imidazole rings is 1. The molecule has 1 fully saturated rings. The van der Waals surface area contributed by atoms with Gasteiger partial charge in [-0.2, -0.15) is 5.10 Å². The van der Waals surface area contributed by atoms with Crippen LogP contribution < -0.4 is 0 Å². The highest BCUT2D eigenvalue weighted by Crippen LogP contribution is 2.37. The van der Waals surface area contributed by atoms with E-state index < -0.39 is 6.43 Å². The van der Waals surface area contributed by atoms with Gasteiger partial charge in [0.25, 0.3) is 13.1 Å². The third-order valence-electron chi connectivity index (χ3n) is 5.77. The first kappa shape index (κ1) is 18.3. The van der Waals surface area contributed by atoms with E-state index in [0.29, 0.717) is 16.8 Å². The summed E-state index contributed by atoms with van der Waals surface area (Å²) < 4.78 is 30.7. The number of aromatic nitrogens is 4. The Bertz CT molecular complexity index is 1210. The molecular weight excluding hydrogens is 391 g/mol. The predicted octanol–water partition coefficient (Wildman–Crippen LogP) is 5.32. The van der Waals surface area contributed by atoms with Gasteiger partial charge in [-0.05, 0) is 17.7 Å². The number of fused-ring (bicyclic) bond motifs is 2. The van der Waals surface area contributed by atoms with Gasteiger partial charge in [0.05, 0.1) is 10.6 Å². The maximum atomic E-state index is 13.6. The fourth-order valence-electron chi connectivity index (χ4n) is 4.25. The average molecular weight is 409 g/mol. The molecule has 1 aliphatic rings. The van der Waals surface area contributed by atoms with Crippen molar-refractivity contribution >= 4 is 33.9 Å². The lowest BCUT2D eigenvalue weighted by atomic mass is 9.41. The molecule has 0 unspecified atom stereocenters. The van der Waals surface area contributed by atoms with Gasteiger partial charge in [0.2, 0.25) is 0 Å². The quantitative estimate of drug-likeness (QED) is 0.430. The summed E-state index contributed by atoms with van der Waals surface area (Å²) >= 11 is 1.50. The lowest BCUT2D eigenvalue weighted by molar-refractivity contribution is 0.153. The molecule has 1 saturated heterocycles. The number of nitrogens with zero attached hydrogens (tertiary/aromatic N) is 5. The van der Waals surface area contributed by atoms with Crippen LogP contribution in [0.4, 0.5) is 8.78 Å². The topological polar surface area (TPSA) is 58.9 Å². The van der Waals surface area contributed by atoms with Crippen molar-refractivity contribution in [1.29, 1.82) is 5.26 Å². The molecule has 3 aromatic heterocycles. The predicted molar refractivity (Wildman–Crippen MR) is 111 cm³/mol. The molecule has 1 aliphatic heterocycles. The number of benzene rings is 1. The third kappa shape index (κ3) is 3.21. The van der Waals surface area contributed by atoms with E-state index in [1.807, 2.05) is 22.9 Å². The Balaban J connectivity index is 1.49. The number of thiazole rings is 1. The summed E-state index contributed by atoms with van der Waals surface area (Å²) in [5.41, 5.74) is 2.13. The second-order valence-corrected chi connectivity index (χ2v) is 8.74. The molecule has 9 heteroatoms. The van der Waals surface area contributed by atoms with Gasteiger partial charge in [0, 0.05) is 48.5 Å². The van der Waals surface area contributed by atoms with E-state index in [9.17, 15) is 8.78 Å². The first-order chi connectivity index (χ1) is 14.0. The molecule has 0 atom stereocenters. The lowest BCUT2D eigenvalue weighted by Gasteiger charge is -2.21. The van der Waals surface area contributed by atoms with Gasteiger partial charge in [-0.25, -0.2) is 19.0 Å². The average Bonchev–Trinajstić information content (AvgIpc) is 3.38. The molecule has 4 aromatic rings. The number of nitriles is 1. The van der Waals surface area contributed by atoms with E-state index in [2.05, 4.69) is 11.1 Å². The number of aryl methyl sites for hydroxylation is 1. The molecule has 0 amide bonds. The van der Waals surface area contributed by atoms with Crippen molar-refractivity contribution < 1.29 is 8.78 Å². The number of halogens is 2. The van der Waals surface area contributed by atoms with Crippen LogP contribution in [0.15, 0.2) is 30.7 Å². The van der Waals surface area contributed by atoms with Gasteiger partial charge in [-0.3, -0.25) is 9.08 Å². The van der Waals surface area contributed by atoms with Crippen molar-refractivity contribution in [2.24, 2.45) is 7.05 Å². The van der Waals surface area contributed by atoms with Crippen LogP contribution >= 0.6 is 11.3 Å². The first-order valence-electron chi connectivity index (χ1n) is 9.65. The first-order valence-corrected chi connectivity index (χ1v) is 10.5. The fourth-order valence-corrected chi connectivity index (χ4v) is 5.21. The Morgan fingerprint density at radius 1 is 1.24 bits per heavy atom. The highest BCUT2D eigenvalue weighted by Gasteiger charge is 2.27. The van der Waals surface area contributed by atoms with Crippen molar-refractivity contribution in [3.63, 3.8) is 0 Å². The second-order valence-electron chi connectivity index (χ2n) is 7.74. The number of hydrogen-bond acceptors (Lipinski definition) is 4. The fraction of sp³-hybridized carbons (Fsp3) is 0.350. The zero-order valence-corrected chi connectivity index (χ0v) is 16.7. The Morgan fingerprint density at radius 2 is 2.03 bits per heavy atom. The smallest absolute Gasteiger partial charge is 0.267 e. The van der Waals surface area contributed by atoms with Gasteiger partial charge < -0.3 is 0 Å². The van der Waals surface area contributed by atoms with Crippen LogP contribution in [0, 0.1) is 11.2 Å². The maximum absolute atomic E-state index is 13.6. The summed E-state index contributed by atoms with van der Waals surface area (Å²) in [6, 6.07) is 3.44. The van der Waals surface area contributed by atoms with Crippen molar-refractivity contribution in [2.75, 3.05) is 0 Å². The number of hydrogen-bond donors (Lipinski definition) is 0. The molecule has 0 radical (unpaired) electrons. The summed E-state index contributed by atoms with van der Waals surface area (Å²) in [5.74, 6) is 2.76. The standard InChI is InChI=1S/C20H18BF2N5S/c1-27-8-14-6-13(7-15(19(22)23)18(14)26-27)17-10-28-9-16(25-20(28)29-17)12-2-4-21(11-24)5-3-12/h6-10,12,19H,2-5H2,1H3. The van der Waals surface area contributed by atoms with Crippen LogP contribution in [0.2, 0.25) is 12.6 Å². The molecule has 0 aliphatic carbocycles. The van der Waals surface area contributed by atoms with Crippen LogP contribution in [-0.4, -0.2) is 25.9 Å². The van der Waals surface area contributed by atoms with E-state index in [1.54, 1.807) is 17.9 Å². The number of alkyl halides is 2. The summed E-state index contributed by atoms with van der Waals surface area (Å²) in [6.45, 7) is 0.174. The minimum Gasteiger partial charge on any atom is -0.297 e. The molecule has 1 aromatic carbocycles. The van der Waals surface area contributed by atoms with Gasteiger partial charge in [-0.15, -0.1) is 0 Å². The maximum Gasteiger partial charge on any atom is 0.267 e. The van der Waals surface area contributed by atoms with E-state index in [-0.39, 0.29) is 12.3 Å². The van der Waals surface area contributed by atoms with Crippen LogP contribution in [0.3, 0.4) is 0 Å². The Morgan fingerprint density at radius 3 is 2.72 bits per heavy atom. The minimum atomic E-state index is -2.58. The summed E-state index contributed by atoms with van der Waals surface area (Å²) in [7, 11) is 1.74. The van der Waals surface area contributed by atoms with E-state index in [1.165, 1.54) is 17.4 Å². The Kier molecular flexibility index (Phi) is 4.39. The Labute approximate surface area is 170 Å². The molecule has 0 N–H and O–H groups in total. The van der Waals surface area contributed by atoms with Crippen molar-refractivity contribution in [1.82, 2.24) is 19.2 Å². The van der Waals surface area contributed by atoms with E-state index in [0.717, 1.165) is 46.6 Å². The van der Waals surface area contributed by atoms with Crippen LogP contribution in [0.25, 0.3) is 26.3 Å². The monoisotopic (exact) mass is 409 g/mol. The van der Waals surface area contributed by atoms with Crippen LogP contribution in [-0.2, 0) is 7.05 Å². The zero-order chi connectivity index (χ0) is 20.1. The molecule has 0 saturated carbocycles. The Hall–Kier alpha value is -2.73. The highest BCUT2D eigenvalue weighted by atomic mass is 32.1. The minimum absolute atomic E-state index is 0.0425. The van der Waals surface area contributed by atoms with Gasteiger partial charge in [-0.1, -0.05) is 36.8 Å². The summed E-state index contributed by atoms with van der Waals surface area (Å²) in [6.07, 6.45) is 7.04. The summed E-state index contributed by atoms with van der Waals surface area (Å²) in [4.78, 5) is 6.56. The normalized spacial score (nSPS) is 15.6. The van der Waals surface area contributed by atoms with Gasteiger partial charge in [0.1, 0.15) is 5.52 Å². The van der Waals surface area contributed by atoms with Crippen molar-refractivity contribution in [3.8, 4) is 16.4 Å². The lowest BCUT2D eigenvalue weighted by Crippen LogP contribution is -2.18. The highest BCUT2D eigenvalue weighted by molar-refractivity contribution is 7.20. The molecule has 0 spiro atoms. The van der Waals surface area contributed by atoms with E-state index >= 15 is 0 Å². The van der Waals surface area contributed by atoms with Crippen molar-refractivity contribution in [3.05, 3.63) is 42.0 Å².